The van der Waals surface area contributed by atoms with Crippen LogP contribution < -0.4 is 0 Å². The Balaban J connectivity index is 1.81. The molecule has 1 aromatic rings. The maximum absolute atomic E-state index is 11.7. The smallest absolute Gasteiger partial charge is 0.407 e. The molecule has 0 spiro atoms. The molecule has 0 aliphatic carbocycles. The summed E-state index contributed by atoms with van der Waals surface area (Å²) in [6.45, 7) is 0.0697. The molecule has 7 nitrogen and oxygen atoms in total. The van der Waals surface area contributed by atoms with Crippen LogP contribution in [0.4, 0.5) is 10.5 Å². The molecule has 2 fully saturated rings. The molecule has 124 valence electrons. The van der Waals surface area contributed by atoms with Gasteiger partial charge in [0.2, 0.25) is 0 Å². The number of para-hydroxylation sites is 1. The fourth-order valence-electron chi connectivity index (χ4n) is 4.00. The highest BCUT2D eigenvalue weighted by molar-refractivity contribution is 5.66. The van der Waals surface area contributed by atoms with Crippen molar-refractivity contribution in [1.82, 2.24) is 9.80 Å². The van der Waals surface area contributed by atoms with E-state index in [1.165, 1.54) is 11.0 Å². The molecule has 1 unspecified atom stereocenters. The summed E-state index contributed by atoms with van der Waals surface area (Å²) in [4.78, 5) is 26.2. The third-order valence-corrected chi connectivity index (χ3v) is 5.29. The van der Waals surface area contributed by atoms with Crippen LogP contribution in [-0.2, 0) is 6.54 Å². The second-order valence-electron chi connectivity index (χ2n) is 6.47. The van der Waals surface area contributed by atoms with Gasteiger partial charge in [0, 0.05) is 29.8 Å². The van der Waals surface area contributed by atoms with Crippen molar-refractivity contribution in [3.8, 4) is 0 Å². The van der Waals surface area contributed by atoms with Gasteiger partial charge in [0.05, 0.1) is 11.5 Å². The average molecular weight is 319 g/mol. The summed E-state index contributed by atoms with van der Waals surface area (Å²) < 4.78 is 0. The predicted molar refractivity (Wildman–Crippen MR) is 84.3 cm³/mol. The minimum absolute atomic E-state index is 0.0188. The summed E-state index contributed by atoms with van der Waals surface area (Å²) in [5, 5.41) is 20.8. The highest BCUT2D eigenvalue weighted by Gasteiger charge is 2.41. The van der Waals surface area contributed by atoms with Crippen molar-refractivity contribution in [1.29, 1.82) is 0 Å². The molecule has 2 bridgehead atoms. The lowest BCUT2D eigenvalue weighted by Gasteiger charge is -2.40. The number of benzene rings is 1. The van der Waals surface area contributed by atoms with Crippen molar-refractivity contribution < 1.29 is 14.8 Å². The summed E-state index contributed by atoms with van der Waals surface area (Å²) in [5.74, 6) is 0. The van der Waals surface area contributed by atoms with Crippen LogP contribution in [0.15, 0.2) is 24.3 Å². The fraction of sp³-hybridized carbons (Fsp3) is 0.562. The minimum Gasteiger partial charge on any atom is -0.465 e. The first kappa shape index (κ1) is 15.7. The van der Waals surface area contributed by atoms with Gasteiger partial charge in [-0.3, -0.25) is 10.1 Å². The summed E-state index contributed by atoms with van der Waals surface area (Å²) in [7, 11) is 2.10. The van der Waals surface area contributed by atoms with Crippen LogP contribution in [0.3, 0.4) is 0 Å². The van der Waals surface area contributed by atoms with Crippen LogP contribution in [0.2, 0.25) is 0 Å². The van der Waals surface area contributed by atoms with Gasteiger partial charge in [0.15, 0.2) is 0 Å². The van der Waals surface area contributed by atoms with Crippen molar-refractivity contribution in [2.45, 2.75) is 50.4 Å². The molecule has 23 heavy (non-hydrogen) atoms. The number of nitro benzene ring substituents is 1. The zero-order chi connectivity index (χ0) is 16.6. The van der Waals surface area contributed by atoms with Crippen LogP contribution in [0.5, 0.6) is 0 Å². The van der Waals surface area contributed by atoms with E-state index in [9.17, 15) is 20.0 Å². The Morgan fingerprint density at radius 1 is 1.35 bits per heavy atom. The number of carbonyl (C=O) groups is 1. The lowest BCUT2D eigenvalue weighted by atomic mass is 9.96. The number of hydrogen-bond acceptors (Lipinski definition) is 4. The number of piperidine rings is 1. The van der Waals surface area contributed by atoms with E-state index < -0.39 is 11.0 Å². The van der Waals surface area contributed by atoms with E-state index in [0.29, 0.717) is 17.6 Å². The molecule has 2 saturated heterocycles. The molecule has 2 heterocycles. The Hall–Kier alpha value is -2.15. The van der Waals surface area contributed by atoms with E-state index in [-0.39, 0.29) is 18.3 Å². The molecule has 3 atom stereocenters. The van der Waals surface area contributed by atoms with Crippen LogP contribution in [-0.4, -0.2) is 51.1 Å². The second kappa shape index (κ2) is 6.16. The zero-order valence-corrected chi connectivity index (χ0v) is 13.1. The standard InChI is InChI=1S/C16H21N3O4/c1-17-12-6-7-13(17)9-14(8-12)18(16(20)21)10-11-4-2-3-5-15(11)19(22)23/h2-5,12-14H,6-10H2,1H3,(H,20,21)/t12-,13+,14?. The van der Waals surface area contributed by atoms with Gasteiger partial charge in [-0.1, -0.05) is 18.2 Å². The number of nitro groups is 1. The van der Waals surface area contributed by atoms with Crippen molar-refractivity contribution >= 4 is 11.8 Å². The molecular formula is C16H21N3O4. The Morgan fingerprint density at radius 3 is 2.52 bits per heavy atom. The van der Waals surface area contributed by atoms with Gasteiger partial charge in [-0.15, -0.1) is 0 Å². The average Bonchev–Trinajstić information content (AvgIpc) is 2.74. The monoisotopic (exact) mass is 319 g/mol. The van der Waals surface area contributed by atoms with E-state index in [1.54, 1.807) is 18.2 Å². The number of amides is 1. The van der Waals surface area contributed by atoms with Gasteiger partial charge < -0.3 is 14.9 Å². The third-order valence-electron chi connectivity index (χ3n) is 5.29. The largest absolute Gasteiger partial charge is 0.465 e. The Kier molecular flexibility index (Phi) is 4.21. The molecule has 3 rings (SSSR count). The predicted octanol–water partition coefficient (Wildman–Crippen LogP) is 2.70. The first-order valence-electron chi connectivity index (χ1n) is 7.91. The molecule has 0 radical (unpaired) electrons. The van der Waals surface area contributed by atoms with Gasteiger partial charge >= 0.3 is 6.09 Å². The molecule has 0 saturated carbocycles. The van der Waals surface area contributed by atoms with Gasteiger partial charge in [-0.2, -0.15) is 0 Å². The number of carboxylic acid groups (broad SMARTS) is 1. The maximum Gasteiger partial charge on any atom is 0.407 e. The van der Waals surface area contributed by atoms with E-state index >= 15 is 0 Å². The fourth-order valence-corrected chi connectivity index (χ4v) is 4.00. The van der Waals surface area contributed by atoms with Crippen molar-refractivity contribution in [2.24, 2.45) is 0 Å². The molecule has 2 aliphatic heterocycles. The Labute approximate surface area is 134 Å². The van der Waals surface area contributed by atoms with Gasteiger partial charge in [0.1, 0.15) is 0 Å². The number of rotatable bonds is 4. The van der Waals surface area contributed by atoms with E-state index in [2.05, 4.69) is 11.9 Å². The molecular weight excluding hydrogens is 298 g/mol. The van der Waals surface area contributed by atoms with Gasteiger partial charge in [-0.05, 0) is 32.7 Å². The van der Waals surface area contributed by atoms with Crippen molar-refractivity contribution in [3.05, 3.63) is 39.9 Å². The first-order chi connectivity index (χ1) is 11.0. The maximum atomic E-state index is 11.7. The highest BCUT2D eigenvalue weighted by Crippen LogP contribution is 2.37. The molecule has 1 amide bonds. The Bertz CT molecular complexity index is 607. The topological polar surface area (TPSA) is 86.9 Å². The quantitative estimate of drug-likeness (QED) is 0.681. The summed E-state index contributed by atoms with van der Waals surface area (Å²) in [6.07, 6.45) is 2.82. The lowest BCUT2D eigenvalue weighted by molar-refractivity contribution is -0.385. The molecule has 1 aromatic carbocycles. The van der Waals surface area contributed by atoms with Crippen molar-refractivity contribution in [2.75, 3.05) is 7.05 Å². The zero-order valence-electron chi connectivity index (χ0n) is 13.1. The summed E-state index contributed by atoms with van der Waals surface area (Å²) >= 11 is 0. The molecule has 1 N–H and O–H groups in total. The lowest BCUT2D eigenvalue weighted by Crippen LogP contribution is -2.50. The van der Waals surface area contributed by atoms with Crippen LogP contribution in [0, 0.1) is 10.1 Å². The summed E-state index contributed by atoms with van der Waals surface area (Å²) in [5.41, 5.74) is 0.431. The number of nitrogens with zero attached hydrogens (tertiary/aromatic N) is 3. The van der Waals surface area contributed by atoms with Crippen LogP contribution >= 0.6 is 0 Å². The minimum atomic E-state index is -1.00. The number of fused-ring (bicyclic) bond motifs is 2. The normalized spacial score (nSPS) is 26.9. The summed E-state index contributed by atoms with van der Waals surface area (Å²) in [6, 6.07) is 7.15. The van der Waals surface area contributed by atoms with E-state index in [0.717, 1.165) is 25.7 Å². The molecule has 2 aliphatic rings. The van der Waals surface area contributed by atoms with E-state index in [4.69, 9.17) is 0 Å². The first-order valence-corrected chi connectivity index (χ1v) is 7.91. The highest BCUT2D eigenvalue weighted by atomic mass is 16.6. The Morgan fingerprint density at radius 2 is 1.96 bits per heavy atom. The number of hydrogen-bond donors (Lipinski definition) is 1. The molecule has 0 aromatic heterocycles. The SMILES string of the molecule is CN1[C@@H]2CC[C@H]1CC(N(Cc1ccccc1[N+](=O)[O-])C(=O)O)C2. The molecule has 7 heteroatoms. The third kappa shape index (κ3) is 3.01. The van der Waals surface area contributed by atoms with Crippen LogP contribution in [0.25, 0.3) is 0 Å². The van der Waals surface area contributed by atoms with Crippen LogP contribution in [0.1, 0.15) is 31.2 Å². The van der Waals surface area contributed by atoms with Gasteiger partial charge in [0.25, 0.3) is 5.69 Å². The van der Waals surface area contributed by atoms with Gasteiger partial charge in [-0.25, -0.2) is 4.79 Å². The van der Waals surface area contributed by atoms with Crippen molar-refractivity contribution in [3.63, 3.8) is 0 Å². The second-order valence-corrected chi connectivity index (χ2v) is 6.47. The van der Waals surface area contributed by atoms with E-state index in [1.807, 2.05) is 0 Å².